The lowest BCUT2D eigenvalue weighted by atomic mass is 9.88. The summed E-state index contributed by atoms with van der Waals surface area (Å²) >= 11 is 0. The molecule has 1 aliphatic heterocycles. The van der Waals surface area contributed by atoms with E-state index in [0.29, 0.717) is 5.82 Å². The van der Waals surface area contributed by atoms with E-state index in [1.807, 2.05) is 27.7 Å². The molecule has 96 valence electrons. The lowest BCUT2D eigenvalue weighted by molar-refractivity contribution is -0.139. The molecule has 0 fully saturated rings. The highest BCUT2D eigenvalue weighted by atomic mass is 16.5. The van der Waals surface area contributed by atoms with Crippen LogP contribution < -0.4 is 4.74 Å². The number of carbonyl (C=O) groups excluding carboxylic acids is 2. The predicted molar refractivity (Wildman–Crippen MR) is 64.4 cm³/mol. The van der Waals surface area contributed by atoms with Crippen molar-refractivity contribution in [3.8, 4) is 5.75 Å². The minimum absolute atomic E-state index is 0.101. The molecule has 0 N–H and O–H groups in total. The van der Waals surface area contributed by atoms with Gasteiger partial charge in [-0.15, -0.1) is 0 Å². The molecule has 0 saturated carbocycles. The van der Waals surface area contributed by atoms with E-state index in [-0.39, 0.29) is 29.1 Å². The highest BCUT2D eigenvalue weighted by Gasteiger charge is 2.40. The van der Waals surface area contributed by atoms with Crippen molar-refractivity contribution in [1.29, 1.82) is 0 Å². The first-order valence-electron chi connectivity index (χ1n) is 6.04. The zero-order chi connectivity index (χ0) is 13.4. The maximum atomic E-state index is 12.3. The molecule has 1 atom stereocenters. The molecule has 0 saturated heterocycles. The van der Waals surface area contributed by atoms with Gasteiger partial charge in [0.2, 0.25) is 0 Å². The average Bonchev–Trinajstić information content (AvgIpc) is 2.27. The summed E-state index contributed by atoms with van der Waals surface area (Å²) < 4.78 is 5.13. The summed E-state index contributed by atoms with van der Waals surface area (Å²) in [5.41, 5.74) is 0.229. The number of hydrogen-bond acceptors (Lipinski definition) is 5. The topological polar surface area (TPSA) is 69.2 Å². The number of Topliss-reactive ketones (excluding diaryl/α,β-unsaturated/α-hetero) is 1. The van der Waals surface area contributed by atoms with Gasteiger partial charge in [0.1, 0.15) is 11.7 Å². The number of esters is 1. The molecule has 0 aliphatic carbocycles. The summed E-state index contributed by atoms with van der Waals surface area (Å²) in [7, 11) is 0. The van der Waals surface area contributed by atoms with Crippen LogP contribution in [0.15, 0.2) is 6.20 Å². The second kappa shape index (κ2) is 4.48. The van der Waals surface area contributed by atoms with Crippen LogP contribution in [0.25, 0.3) is 0 Å². The number of ketones is 1. The lowest BCUT2D eigenvalue weighted by Crippen LogP contribution is -2.37. The zero-order valence-electron chi connectivity index (χ0n) is 10.9. The summed E-state index contributed by atoms with van der Waals surface area (Å²) in [5, 5.41) is 0. The Labute approximate surface area is 106 Å². The Kier molecular flexibility index (Phi) is 3.15. The molecule has 18 heavy (non-hydrogen) atoms. The predicted octanol–water partition coefficient (Wildman–Crippen LogP) is 1.97. The Balaban J connectivity index is 2.48. The van der Waals surface area contributed by atoms with Crippen LogP contribution in [0, 0.1) is 11.8 Å². The Bertz CT molecular complexity index is 509. The molecule has 0 bridgehead atoms. The van der Waals surface area contributed by atoms with Gasteiger partial charge in [-0.05, 0) is 5.92 Å². The molecule has 2 rings (SSSR count). The highest BCUT2D eigenvalue weighted by molar-refractivity contribution is 6.12. The first-order chi connectivity index (χ1) is 8.41. The Hall–Kier alpha value is -1.78. The molecule has 0 radical (unpaired) electrons. The smallest absolute Gasteiger partial charge is 0.322 e. The maximum Gasteiger partial charge on any atom is 0.322 e. The van der Waals surface area contributed by atoms with Crippen molar-refractivity contribution in [2.45, 2.75) is 33.6 Å². The van der Waals surface area contributed by atoms with Crippen molar-refractivity contribution in [1.82, 2.24) is 9.97 Å². The van der Waals surface area contributed by atoms with E-state index < -0.39 is 11.9 Å². The average molecular weight is 248 g/mol. The van der Waals surface area contributed by atoms with Crippen molar-refractivity contribution >= 4 is 11.8 Å². The van der Waals surface area contributed by atoms with Crippen LogP contribution in [0.1, 0.15) is 49.9 Å². The van der Waals surface area contributed by atoms with Gasteiger partial charge in [0, 0.05) is 5.92 Å². The van der Waals surface area contributed by atoms with Gasteiger partial charge in [-0.2, -0.15) is 0 Å². The summed E-state index contributed by atoms with van der Waals surface area (Å²) in [6, 6.07) is 0. The Morgan fingerprint density at radius 3 is 2.44 bits per heavy atom. The normalized spacial score (nSPS) is 19.1. The molecule has 5 nitrogen and oxygen atoms in total. The van der Waals surface area contributed by atoms with Gasteiger partial charge >= 0.3 is 5.97 Å². The fraction of sp³-hybridized carbons (Fsp3) is 0.538. The number of ether oxygens (including phenoxy) is 1. The first-order valence-corrected chi connectivity index (χ1v) is 6.04. The van der Waals surface area contributed by atoms with Crippen molar-refractivity contribution in [3.05, 3.63) is 17.7 Å². The van der Waals surface area contributed by atoms with Gasteiger partial charge in [0.15, 0.2) is 17.2 Å². The Morgan fingerprint density at radius 2 is 1.89 bits per heavy atom. The van der Waals surface area contributed by atoms with Gasteiger partial charge in [0.25, 0.3) is 0 Å². The van der Waals surface area contributed by atoms with Crippen molar-refractivity contribution in [2.24, 2.45) is 11.8 Å². The van der Waals surface area contributed by atoms with Crippen LogP contribution >= 0.6 is 0 Å². The number of hydrogen-bond donors (Lipinski definition) is 0. The summed E-state index contributed by atoms with van der Waals surface area (Å²) in [5.74, 6) is -0.751. The zero-order valence-corrected chi connectivity index (χ0v) is 10.9. The van der Waals surface area contributed by atoms with Crippen molar-refractivity contribution in [3.63, 3.8) is 0 Å². The van der Waals surface area contributed by atoms with E-state index in [0.717, 1.165) is 0 Å². The van der Waals surface area contributed by atoms with Gasteiger partial charge in [-0.25, -0.2) is 9.97 Å². The minimum atomic E-state index is -0.757. The summed E-state index contributed by atoms with van der Waals surface area (Å²) in [6.07, 6.45) is 1.41. The van der Waals surface area contributed by atoms with E-state index in [4.69, 9.17) is 4.74 Å². The number of aromatic nitrogens is 2. The standard InChI is InChI=1S/C13H16N2O3/c1-6(2)9-11(16)10-8(18-13(9)17)5-14-12(15-10)7(3)4/h5-7,9H,1-4H3. The van der Waals surface area contributed by atoms with Crippen LogP contribution in [0.3, 0.4) is 0 Å². The van der Waals surface area contributed by atoms with Gasteiger partial charge < -0.3 is 4.74 Å². The van der Waals surface area contributed by atoms with Gasteiger partial charge in [-0.3, -0.25) is 9.59 Å². The SMILES string of the molecule is CC(C)c1ncc2c(n1)C(=O)C(C(C)C)C(=O)O2. The fourth-order valence-electron chi connectivity index (χ4n) is 1.91. The maximum absolute atomic E-state index is 12.3. The molecule has 2 heterocycles. The summed E-state index contributed by atoms with van der Waals surface area (Å²) in [6.45, 7) is 7.53. The van der Waals surface area contributed by atoms with Crippen LogP contribution in [0.4, 0.5) is 0 Å². The van der Waals surface area contributed by atoms with E-state index in [2.05, 4.69) is 9.97 Å². The molecule has 0 aromatic carbocycles. The Morgan fingerprint density at radius 1 is 1.22 bits per heavy atom. The number of nitrogens with zero attached hydrogens (tertiary/aromatic N) is 2. The molecule has 1 unspecified atom stereocenters. The number of carbonyl (C=O) groups is 2. The van der Waals surface area contributed by atoms with E-state index in [1.54, 1.807) is 0 Å². The molecule has 0 spiro atoms. The summed E-state index contributed by atoms with van der Waals surface area (Å²) in [4.78, 5) is 32.3. The third-order valence-electron chi connectivity index (χ3n) is 2.94. The second-order valence-corrected chi connectivity index (χ2v) is 5.10. The number of rotatable bonds is 2. The van der Waals surface area contributed by atoms with Crippen LogP contribution in [0.2, 0.25) is 0 Å². The fourth-order valence-corrected chi connectivity index (χ4v) is 1.91. The quantitative estimate of drug-likeness (QED) is 0.591. The van der Waals surface area contributed by atoms with Crippen LogP contribution in [-0.2, 0) is 4.79 Å². The lowest BCUT2D eigenvalue weighted by Gasteiger charge is -2.23. The molecule has 1 aliphatic rings. The molecular weight excluding hydrogens is 232 g/mol. The highest BCUT2D eigenvalue weighted by Crippen LogP contribution is 2.30. The number of fused-ring (bicyclic) bond motifs is 1. The largest absolute Gasteiger partial charge is 0.422 e. The van der Waals surface area contributed by atoms with E-state index in [9.17, 15) is 9.59 Å². The first kappa shape index (κ1) is 12.7. The molecule has 5 heteroatoms. The third-order valence-corrected chi connectivity index (χ3v) is 2.94. The minimum Gasteiger partial charge on any atom is -0.422 e. The third kappa shape index (κ3) is 2.00. The van der Waals surface area contributed by atoms with Crippen molar-refractivity contribution in [2.75, 3.05) is 0 Å². The van der Waals surface area contributed by atoms with Crippen molar-refractivity contribution < 1.29 is 14.3 Å². The van der Waals surface area contributed by atoms with E-state index >= 15 is 0 Å². The second-order valence-electron chi connectivity index (χ2n) is 5.10. The van der Waals surface area contributed by atoms with Crippen LogP contribution in [-0.4, -0.2) is 21.7 Å². The van der Waals surface area contributed by atoms with Crippen LogP contribution in [0.5, 0.6) is 5.75 Å². The monoisotopic (exact) mass is 248 g/mol. The molecular formula is C13H16N2O3. The van der Waals surface area contributed by atoms with E-state index in [1.165, 1.54) is 6.20 Å². The van der Waals surface area contributed by atoms with Gasteiger partial charge in [-0.1, -0.05) is 27.7 Å². The molecule has 0 amide bonds. The molecule has 1 aromatic heterocycles. The molecule has 1 aromatic rings. The van der Waals surface area contributed by atoms with Gasteiger partial charge in [0.05, 0.1) is 6.20 Å².